The van der Waals surface area contributed by atoms with Crippen LogP contribution in [0.25, 0.3) is 0 Å². The van der Waals surface area contributed by atoms with Crippen LogP contribution in [0.4, 0.5) is 0 Å². The van der Waals surface area contributed by atoms with Crippen LogP contribution in [-0.4, -0.2) is 47.6 Å². The van der Waals surface area contributed by atoms with Crippen LogP contribution < -0.4 is 4.74 Å². The lowest BCUT2D eigenvalue weighted by molar-refractivity contribution is 0.255. The first-order chi connectivity index (χ1) is 10.8. The maximum Gasteiger partial charge on any atom is 0.243 e. The van der Waals surface area contributed by atoms with Gasteiger partial charge in [-0.2, -0.15) is 4.31 Å². The van der Waals surface area contributed by atoms with Crippen LogP contribution in [0.3, 0.4) is 0 Å². The Morgan fingerprint density at radius 3 is 2.61 bits per heavy atom. The number of hydrogen-bond donors (Lipinski definition) is 0. The second-order valence-corrected chi connectivity index (χ2v) is 10.2. The van der Waals surface area contributed by atoms with E-state index in [2.05, 4.69) is 0 Å². The molecule has 0 amide bonds. The van der Waals surface area contributed by atoms with Gasteiger partial charge in [-0.3, -0.25) is 4.21 Å². The molecule has 0 bridgehead atoms. The summed E-state index contributed by atoms with van der Waals surface area (Å²) in [6.45, 7) is 1.93. The van der Waals surface area contributed by atoms with E-state index in [4.69, 9.17) is 16.3 Å². The fourth-order valence-electron chi connectivity index (χ4n) is 3.12. The lowest BCUT2D eigenvalue weighted by Crippen LogP contribution is -2.41. The van der Waals surface area contributed by atoms with Gasteiger partial charge >= 0.3 is 0 Å². The molecular weight excluding hydrogens is 358 g/mol. The first-order valence-electron chi connectivity index (χ1n) is 7.61. The third kappa shape index (κ3) is 3.29. The molecule has 8 heteroatoms. The molecular formula is C15H20ClNO4S2. The predicted octanol–water partition coefficient (Wildman–Crippen LogP) is 2.20. The van der Waals surface area contributed by atoms with Crippen LogP contribution in [0.1, 0.15) is 25.3 Å². The lowest BCUT2D eigenvalue weighted by Gasteiger charge is -2.30. The minimum atomic E-state index is -3.62. The Morgan fingerprint density at radius 1 is 1.30 bits per heavy atom. The Morgan fingerprint density at radius 2 is 1.96 bits per heavy atom. The summed E-state index contributed by atoms with van der Waals surface area (Å²) in [7, 11) is -2.85. The molecule has 2 aliphatic rings. The van der Waals surface area contributed by atoms with Crippen LogP contribution in [-0.2, 0) is 27.2 Å². The van der Waals surface area contributed by atoms with Gasteiger partial charge in [-0.1, -0.05) is 11.6 Å². The highest BCUT2D eigenvalue weighted by Crippen LogP contribution is 2.38. The van der Waals surface area contributed by atoms with Gasteiger partial charge in [-0.15, -0.1) is 0 Å². The first-order valence-corrected chi connectivity index (χ1v) is 10.9. The molecule has 1 atom stereocenters. The zero-order valence-electron chi connectivity index (χ0n) is 13.1. The molecule has 0 radical (unpaired) electrons. The van der Waals surface area contributed by atoms with E-state index in [1.807, 2.05) is 6.92 Å². The van der Waals surface area contributed by atoms with Crippen molar-refractivity contribution >= 4 is 32.4 Å². The van der Waals surface area contributed by atoms with Crippen LogP contribution in [0.5, 0.6) is 5.75 Å². The SMILES string of the molecule is C[C@@H]1Cc2cc(S(=O)(=O)N(C)C3CCS(=O)CC3)cc(Cl)c2O1. The van der Waals surface area contributed by atoms with Gasteiger partial charge in [0.1, 0.15) is 11.9 Å². The molecule has 3 rings (SSSR count). The van der Waals surface area contributed by atoms with Gasteiger partial charge in [0.05, 0.1) is 9.92 Å². The molecule has 1 fully saturated rings. The Hall–Kier alpha value is -0.630. The quantitative estimate of drug-likeness (QED) is 0.810. The number of halogens is 1. The van der Waals surface area contributed by atoms with Gasteiger partial charge in [0.15, 0.2) is 0 Å². The molecule has 0 spiro atoms. The van der Waals surface area contributed by atoms with E-state index >= 15 is 0 Å². The van der Waals surface area contributed by atoms with Crippen molar-refractivity contribution in [3.05, 3.63) is 22.7 Å². The van der Waals surface area contributed by atoms with Crippen molar-refractivity contribution in [1.82, 2.24) is 4.31 Å². The summed E-state index contributed by atoms with van der Waals surface area (Å²) in [4.78, 5) is 0.202. The molecule has 5 nitrogen and oxygen atoms in total. The molecule has 0 N–H and O–H groups in total. The summed E-state index contributed by atoms with van der Waals surface area (Å²) >= 11 is 6.21. The van der Waals surface area contributed by atoms with Crippen LogP contribution in [0.15, 0.2) is 17.0 Å². The number of rotatable bonds is 3. The van der Waals surface area contributed by atoms with Gasteiger partial charge in [0.2, 0.25) is 10.0 Å². The fraction of sp³-hybridized carbons (Fsp3) is 0.600. The van der Waals surface area contributed by atoms with Crippen LogP contribution in [0, 0.1) is 0 Å². The average Bonchev–Trinajstić information content (AvgIpc) is 2.88. The molecule has 1 aromatic carbocycles. The monoisotopic (exact) mass is 377 g/mol. The summed E-state index contributed by atoms with van der Waals surface area (Å²) in [5.41, 5.74) is 0.835. The second-order valence-electron chi connectivity index (χ2n) is 6.13. The standard InChI is InChI=1S/C15H20ClNO4S2/c1-10-7-11-8-13(9-14(16)15(11)21-10)23(19,20)17(2)12-3-5-22(18)6-4-12/h8-10,12H,3-7H2,1-2H3/t10-,12?,22?/m1/s1. The van der Waals surface area contributed by atoms with Gasteiger partial charge in [-0.25, -0.2) is 8.42 Å². The largest absolute Gasteiger partial charge is 0.489 e. The predicted molar refractivity (Wildman–Crippen MR) is 91.1 cm³/mol. The third-order valence-corrected chi connectivity index (χ3v) is 8.02. The second kappa shape index (κ2) is 6.35. The molecule has 2 aliphatic heterocycles. The maximum absolute atomic E-state index is 12.9. The van der Waals surface area contributed by atoms with Gasteiger partial charge in [0.25, 0.3) is 0 Å². The summed E-state index contributed by atoms with van der Waals surface area (Å²) in [5.74, 6) is 1.70. The number of benzene rings is 1. The van der Waals surface area contributed by atoms with Gasteiger partial charge < -0.3 is 4.74 Å². The van der Waals surface area contributed by atoms with E-state index in [1.165, 1.54) is 10.4 Å². The summed E-state index contributed by atoms with van der Waals surface area (Å²) in [6, 6.07) is 3.02. The van der Waals surface area contributed by atoms with Crippen molar-refractivity contribution in [2.75, 3.05) is 18.6 Å². The highest BCUT2D eigenvalue weighted by molar-refractivity contribution is 7.89. The number of sulfonamides is 1. The van der Waals surface area contributed by atoms with E-state index in [9.17, 15) is 12.6 Å². The highest BCUT2D eigenvalue weighted by Gasteiger charge is 2.32. The van der Waals surface area contributed by atoms with E-state index in [-0.39, 0.29) is 17.0 Å². The molecule has 0 aromatic heterocycles. The molecule has 128 valence electrons. The normalized spacial score (nSPS) is 27.7. The number of nitrogens with zero attached hydrogens (tertiary/aromatic N) is 1. The Labute approximate surface area is 144 Å². The number of hydrogen-bond acceptors (Lipinski definition) is 4. The van der Waals surface area contributed by atoms with Crippen molar-refractivity contribution < 1.29 is 17.4 Å². The van der Waals surface area contributed by atoms with Crippen LogP contribution in [0.2, 0.25) is 5.02 Å². The summed E-state index contributed by atoms with van der Waals surface area (Å²) in [5, 5.41) is 0.337. The van der Waals surface area contributed by atoms with Gasteiger partial charge in [0, 0.05) is 47.4 Å². The fourth-order valence-corrected chi connectivity index (χ4v) is 6.23. The average molecular weight is 378 g/mol. The van der Waals surface area contributed by atoms with E-state index in [1.54, 1.807) is 13.1 Å². The van der Waals surface area contributed by atoms with Crippen molar-refractivity contribution in [2.45, 2.75) is 43.2 Å². The van der Waals surface area contributed by atoms with Crippen molar-refractivity contribution in [3.8, 4) is 5.75 Å². The smallest absolute Gasteiger partial charge is 0.243 e. The van der Waals surface area contributed by atoms with E-state index < -0.39 is 20.8 Å². The summed E-state index contributed by atoms with van der Waals surface area (Å²) in [6.07, 6.45) is 1.92. The minimum absolute atomic E-state index is 0.00603. The minimum Gasteiger partial charge on any atom is -0.489 e. The van der Waals surface area contributed by atoms with Crippen LogP contribution >= 0.6 is 11.6 Å². The zero-order valence-corrected chi connectivity index (χ0v) is 15.5. The molecule has 0 saturated carbocycles. The Bertz CT molecular complexity index is 740. The number of fused-ring (bicyclic) bond motifs is 1. The Balaban J connectivity index is 1.90. The van der Waals surface area contributed by atoms with Gasteiger partial charge in [-0.05, 0) is 31.9 Å². The van der Waals surface area contributed by atoms with Crippen molar-refractivity contribution in [3.63, 3.8) is 0 Å². The molecule has 0 aliphatic carbocycles. The zero-order chi connectivity index (χ0) is 16.8. The molecule has 2 heterocycles. The summed E-state index contributed by atoms with van der Waals surface area (Å²) < 4.78 is 44.3. The molecule has 0 unspecified atom stereocenters. The lowest BCUT2D eigenvalue weighted by atomic mass is 10.1. The third-order valence-electron chi connectivity index (χ3n) is 4.47. The van der Waals surface area contributed by atoms with E-state index in [0.29, 0.717) is 41.5 Å². The van der Waals surface area contributed by atoms with E-state index in [0.717, 1.165) is 5.56 Å². The topological polar surface area (TPSA) is 63.7 Å². The molecule has 1 aromatic rings. The molecule has 23 heavy (non-hydrogen) atoms. The Kier molecular flexibility index (Phi) is 4.75. The first kappa shape index (κ1) is 17.2. The maximum atomic E-state index is 12.9. The van der Waals surface area contributed by atoms with Crippen molar-refractivity contribution in [2.24, 2.45) is 0 Å². The highest BCUT2D eigenvalue weighted by atomic mass is 35.5. The van der Waals surface area contributed by atoms with Crippen molar-refractivity contribution in [1.29, 1.82) is 0 Å². The number of ether oxygens (including phenoxy) is 1. The molecule has 1 saturated heterocycles.